The predicted octanol–water partition coefficient (Wildman–Crippen LogP) is 2.25. The third-order valence-corrected chi connectivity index (χ3v) is 2.90. The van der Waals surface area contributed by atoms with Crippen LogP contribution in [0.15, 0.2) is 22.7 Å². The van der Waals surface area contributed by atoms with E-state index in [0.29, 0.717) is 12.1 Å². The number of aromatic hydroxyl groups is 1. The average Bonchev–Trinajstić information content (AvgIpc) is 2.17. The molecule has 0 fully saturated rings. The van der Waals surface area contributed by atoms with E-state index in [2.05, 4.69) is 21.2 Å². The summed E-state index contributed by atoms with van der Waals surface area (Å²) in [5.74, 6) is 0.614. The lowest BCUT2D eigenvalue weighted by molar-refractivity contribution is 0.0953. The lowest BCUT2D eigenvalue weighted by Gasteiger charge is -2.06. The molecule has 1 aromatic rings. The van der Waals surface area contributed by atoms with E-state index in [4.69, 9.17) is 0 Å². The topological polar surface area (TPSA) is 49.3 Å². The van der Waals surface area contributed by atoms with Gasteiger partial charge >= 0.3 is 0 Å². The van der Waals surface area contributed by atoms with Crippen LogP contribution in [0.5, 0.6) is 5.75 Å². The molecule has 0 aliphatic heterocycles. The van der Waals surface area contributed by atoms with Crippen LogP contribution in [0, 0.1) is 0 Å². The monoisotopic (exact) mass is 289 g/mol. The van der Waals surface area contributed by atoms with Crippen molar-refractivity contribution in [2.75, 3.05) is 18.6 Å². The lowest BCUT2D eigenvalue weighted by Crippen LogP contribution is -2.25. The number of phenolic OH excluding ortho intramolecular Hbond substituents is 1. The number of amides is 1. The number of phenols is 1. The zero-order valence-electron chi connectivity index (χ0n) is 8.29. The summed E-state index contributed by atoms with van der Waals surface area (Å²) in [5.41, 5.74) is 0.305. The van der Waals surface area contributed by atoms with Gasteiger partial charge in [-0.15, -0.1) is 0 Å². The molecule has 0 unspecified atom stereocenters. The van der Waals surface area contributed by atoms with Gasteiger partial charge in [0, 0.05) is 16.8 Å². The molecular formula is C10H12BrNO2S. The number of carbonyl (C=O) groups excluding carboxylic acids is 1. The molecule has 0 atom stereocenters. The second-order valence-corrected chi connectivity index (χ2v) is 4.81. The molecule has 1 rings (SSSR count). The SMILES string of the molecule is CSCCNC(=O)c1ccc(Br)cc1O. The Labute approximate surface area is 101 Å². The molecule has 2 N–H and O–H groups in total. The quantitative estimate of drug-likeness (QED) is 0.836. The Morgan fingerprint density at radius 1 is 1.60 bits per heavy atom. The summed E-state index contributed by atoms with van der Waals surface area (Å²) in [6.07, 6.45) is 1.98. The van der Waals surface area contributed by atoms with E-state index in [1.807, 2.05) is 6.26 Å². The number of halogens is 1. The molecule has 3 nitrogen and oxygen atoms in total. The summed E-state index contributed by atoms with van der Waals surface area (Å²) in [6, 6.07) is 4.82. The molecule has 15 heavy (non-hydrogen) atoms. The molecule has 82 valence electrons. The fourth-order valence-electron chi connectivity index (χ4n) is 1.06. The molecule has 0 radical (unpaired) electrons. The molecule has 0 heterocycles. The van der Waals surface area contributed by atoms with Crippen LogP contribution in [0.25, 0.3) is 0 Å². The van der Waals surface area contributed by atoms with E-state index in [1.165, 1.54) is 6.07 Å². The second kappa shape index (κ2) is 6.02. The third-order valence-electron chi connectivity index (χ3n) is 1.80. The van der Waals surface area contributed by atoms with Crippen LogP contribution < -0.4 is 5.32 Å². The first-order valence-electron chi connectivity index (χ1n) is 4.41. The molecule has 0 aliphatic rings. The van der Waals surface area contributed by atoms with Crippen LogP contribution in [0.1, 0.15) is 10.4 Å². The normalized spacial score (nSPS) is 10.0. The molecule has 0 saturated carbocycles. The number of rotatable bonds is 4. The number of carbonyl (C=O) groups is 1. The van der Waals surface area contributed by atoms with Crippen molar-refractivity contribution in [2.24, 2.45) is 0 Å². The Morgan fingerprint density at radius 3 is 2.93 bits per heavy atom. The van der Waals surface area contributed by atoms with Crippen LogP contribution in [0.4, 0.5) is 0 Å². The van der Waals surface area contributed by atoms with Gasteiger partial charge in [0.15, 0.2) is 0 Å². The van der Waals surface area contributed by atoms with Gasteiger partial charge in [0.05, 0.1) is 5.56 Å². The van der Waals surface area contributed by atoms with Crippen LogP contribution in [0.3, 0.4) is 0 Å². The summed E-state index contributed by atoms with van der Waals surface area (Å²) in [6.45, 7) is 0.607. The van der Waals surface area contributed by atoms with E-state index in [0.717, 1.165) is 10.2 Å². The minimum atomic E-state index is -0.242. The summed E-state index contributed by atoms with van der Waals surface area (Å²) in [7, 11) is 0. The number of thioether (sulfide) groups is 1. The van der Waals surface area contributed by atoms with Crippen LogP contribution in [0.2, 0.25) is 0 Å². The van der Waals surface area contributed by atoms with Crippen LogP contribution >= 0.6 is 27.7 Å². The predicted molar refractivity (Wildman–Crippen MR) is 66.5 cm³/mol. The Bertz CT molecular complexity index is 357. The molecule has 0 bridgehead atoms. The highest BCUT2D eigenvalue weighted by Gasteiger charge is 2.09. The maximum atomic E-state index is 11.6. The maximum Gasteiger partial charge on any atom is 0.255 e. The molecule has 1 amide bonds. The zero-order valence-corrected chi connectivity index (χ0v) is 10.7. The molecule has 0 spiro atoms. The zero-order chi connectivity index (χ0) is 11.3. The van der Waals surface area contributed by atoms with Gasteiger partial charge in [-0.1, -0.05) is 15.9 Å². The Hall–Kier alpha value is -0.680. The van der Waals surface area contributed by atoms with Gasteiger partial charge in [-0.2, -0.15) is 11.8 Å². The first kappa shape index (κ1) is 12.4. The first-order valence-corrected chi connectivity index (χ1v) is 6.59. The minimum Gasteiger partial charge on any atom is -0.507 e. The Balaban J connectivity index is 2.65. The van der Waals surface area contributed by atoms with E-state index >= 15 is 0 Å². The molecule has 5 heteroatoms. The van der Waals surface area contributed by atoms with Crippen molar-refractivity contribution in [3.63, 3.8) is 0 Å². The standard InChI is InChI=1S/C10H12BrNO2S/c1-15-5-4-12-10(14)8-3-2-7(11)6-9(8)13/h2-3,6,13H,4-5H2,1H3,(H,12,14). The van der Waals surface area contributed by atoms with Gasteiger partial charge in [0.1, 0.15) is 5.75 Å². The van der Waals surface area contributed by atoms with Crippen molar-refractivity contribution >= 4 is 33.6 Å². The van der Waals surface area contributed by atoms with Crippen molar-refractivity contribution < 1.29 is 9.90 Å². The summed E-state index contributed by atoms with van der Waals surface area (Å²) >= 11 is 4.87. The molecule has 0 saturated heterocycles. The Morgan fingerprint density at radius 2 is 2.33 bits per heavy atom. The summed E-state index contributed by atoms with van der Waals surface area (Å²) < 4.78 is 0.751. The van der Waals surface area contributed by atoms with Crippen molar-refractivity contribution in [1.29, 1.82) is 0 Å². The maximum absolute atomic E-state index is 11.6. The number of benzene rings is 1. The highest BCUT2D eigenvalue weighted by molar-refractivity contribution is 9.10. The van der Waals surface area contributed by atoms with Gasteiger partial charge in [-0.3, -0.25) is 4.79 Å². The van der Waals surface area contributed by atoms with Gasteiger partial charge in [0.25, 0.3) is 5.91 Å². The first-order chi connectivity index (χ1) is 7.15. The van der Waals surface area contributed by atoms with Crippen LogP contribution in [-0.4, -0.2) is 29.6 Å². The fourth-order valence-corrected chi connectivity index (χ4v) is 1.71. The third kappa shape index (κ3) is 3.76. The van der Waals surface area contributed by atoms with Crippen molar-refractivity contribution in [2.45, 2.75) is 0 Å². The highest BCUT2D eigenvalue weighted by Crippen LogP contribution is 2.21. The molecule has 0 aromatic heterocycles. The molecule has 0 aliphatic carbocycles. The summed E-state index contributed by atoms with van der Waals surface area (Å²) in [5, 5.41) is 12.2. The Kier molecular flexibility index (Phi) is 4.98. The largest absolute Gasteiger partial charge is 0.507 e. The smallest absolute Gasteiger partial charge is 0.255 e. The van der Waals surface area contributed by atoms with Gasteiger partial charge in [0.2, 0.25) is 0 Å². The fraction of sp³-hybridized carbons (Fsp3) is 0.300. The van der Waals surface area contributed by atoms with Crippen molar-refractivity contribution in [3.05, 3.63) is 28.2 Å². The molecular weight excluding hydrogens is 278 g/mol. The number of nitrogens with one attached hydrogen (secondary N) is 1. The second-order valence-electron chi connectivity index (χ2n) is 2.91. The highest BCUT2D eigenvalue weighted by atomic mass is 79.9. The number of hydrogen-bond donors (Lipinski definition) is 2. The van der Waals surface area contributed by atoms with Gasteiger partial charge in [-0.05, 0) is 24.5 Å². The van der Waals surface area contributed by atoms with E-state index in [9.17, 15) is 9.90 Å². The van der Waals surface area contributed by atoms with E-state index < -0.39 is 0 Å². The minimum absolute atomic E-state index is 0.00831. The summed E-state index contributed by atoms with van der Waals surface area (Å²) in [4.78, 5) is 11.6. The molecule has 1 aromatic carbocycles. The van der Waals surface area contributed by atoms with Gasteiger partial charge < -0.3 is 10.4 Å². The lowest BCUT2D eigenvalue weighted by atomic mass is 10.2. The van der Waals surface area contributed by atoms with Crippen molar-refractivity contribution in [1.82, 2.24) is 5.32 Å². The van der Waals surface area contributed by atoms with Crippen molar-refractivity contribution in [3.8, 4) is 5.75 Å². The van der Waals surface area contributed by atoms with E-state index in [1.54, 1.807) is 23.9 Å². The van der Waals surface area contributed by atoms with Crippen LogP contribution in [-0.2, 0) is 0 Å². The number of hydrogen-bond acceptors (Lipinski definition) is 3. The van der Waals surface area contributed by atoms with E-state index in [-0.39, 0.29) is 11.7 Å². The average molecular weight is 290 g/mol. The van der Waals surface area contributed by atoms with Gasteiger partial charge in [-0.25, -0.2) is 0 Å².